The molecule has 156 valence electrons. The first kappa shape index (κ1) is 20.1. The highest BCUT2D eigenvalue weighted by Crippen LogP contribution is 2.28. The van der Waals surface area contributed by atoms with Gasteiger partial charge in [-0.1, -0.05) is 43.3 Å². The number of hydrogen-bond donors (Lipinski definition) is 1. The van der Waals surface area contributed by atoms with Crippen LogP contribution in [0, 0.1) is 5.92 Å². The lowest BCUT2D eigenvalue weighted by Gasteiger charge is -2.32. The zero-order chi connectivity index (χ0) is 20.2. The van der Waals surface area contributed by atoms with Crippen molar-refractivity contribution >= 4 is 5.91 Å². The smallest absolute Gasteiger partial charge is 0.227 e. The van der Waals surface area contributed by atoms with Gasteiger partial charge in [0.05, 0.1) is 0 Å². The molecule has 0 spiro atoms. The molecule has 2 aromatic rings. The van der Waals surface area contributed by atoms with E-state index >= 15 is 0 Å². The molecule has 4 rings (SSSR count). The average Bonchev–Trinajstić information content (AvgIpc) is 3.46. The monoisotopic (exact) mass is 396 g/mol. The van der Waals surface area contributed by atoms with Crippen molar-refractivity contribution in [3.05, 3.63) is 35.7 Å². The summed E-state index contributed by atoms with van der Waals surface area (Å²) in [5.41, 5.74) is 2.23. The summed E-state index contributed by atoms with van der Waals surface area (Å²) in [6.45, 7) is 7.19. The summed E-state index contributed by atoms with van der Waals surface area (Å²) in [4.78, 5) is 19.0. The molecule has 6 heteroatoms. The molecule has 1 N–H and O–H groups in total. The van der Waals surface area contributed by atoms with Crippen molar-refractivity contribution in [2.24, 2.45) is 5.92 Å². The number of rotatable bonds is 8. The van der Waals surface area contributed by atoms with Crippen LogP contribution in [-0.4, -0.2) is 46.6 Å². The third-order valence-electron chi connectivity index (χ3n) is 6.10. The normalized spacial score (nSPS) is 17.8. The molecule has 1 aromatic carbocycles. The summed E-state index contributed by atoms with van der Waals surface area (Å²) < 4.78 is 5.37. The van der Waals surface area contributed by atoms with Crippen LogP contribution in [0.4, 0.5) is 0 Å². The predicted octanol–water partition coefficient (Wildman–Crippen LogP) is 3.78. The fourth-order valence-electron chi connectivity index (χ4n) is 3.85. The van der Waals surface area contributed by atoms with Crippen LogP contribution in [0.15, 0.2) is 28.8 Å². The Hall–Kier alpha value is -2.21. The topological polar surface area (TPSA) is 71.3 Å². The van der Waals surface area contributed by atoms with Gasteiger partial charge in [-0.05, 0) is 49.6 Å². The first-order valence-electron chi connectivity index (χ1n) is 11.0. The van der Waals surface area contributed by atoms with E-state index in [1.807, 2.05) is 17.0 Å². The fraction of sp³-hybridized carbons (Fsp3) is 0.609. The molecule has 1 aromatic heterocycles. The molecule has 29 heavy (non-hydrogen) atoms. The molecule has 1 aliphatic carbocycles. The molecule has 1 aliphatic heterocycles. The van der Waals surface area contributed by atoms with Gasteiger partial charge in [0.15, 0.2) is 0 Å². The number of piperidine rings is 1. The van der Waals surface area contributed by atoms with Crippen molar-refractivity contribution in [1.29, 1.82) is 0 Å². The number of nitrogens with one attached hydrogen (secondary N) is 1. The Balaban J connectivity index is 1.22. The minimum absolute atomic E-state index is 0.187. The number of benzene rings is 1. The maximum Gasteiger partial charge on any atom is 0.227 e. The lowest BCUT2D eigenvalue weighted by atomic mass is 10.0. The minimum Gasteiger partial charge on any atom is -0.343 e. The maximum atomic E-state index is 12.5. The van der Waals surface area contributed by atoms with Gasteiger partial charge in [-0.3, -0.25) is 4.79 Å². The Labute approximate surface area is 173 Å². The molecule has 0 unspecified atom stereocenters. The SMILES string of the molecule is CC(C)c1ccc(-c2noc(CCC(=O)N3CCC(NCC4CC4)CC3)n2)cc1. The third kappa shape index (κ3) is 5.44. The zero-order valence-corrected chi connectivity index (χ0v) is 17.6. The third-order valence-corrected chi connectivity index (χ3v) is 6.10. The molecule has 1 amide bonds. The van der Waals surface area contributed by atoms with Gasteiger partial charge in [0.2, 0.25) is 17.6 Å². The van der Waals surface area contributed by atoms with Crippen LogP contribution in [0.25, 0.3) is 11.4 Å². The molecular formula is C23H32N4O2. The molecule has 2 fully saturated rings. The molecule has 1 saturated heterocycles. The van der Waals surface area contributed by atoms with Crippen molar-refractivity contribution < 1.29 is 9.32 Å². The van der Waals surface area contributed by atoms with Gasteiger partial charge in [-0.25, -0.2) is 0 Å². The first-order chi connectivity index (χ1) is 14.1. The number of aryl methyl sites for hydroxylation is 1. The second-order valence-electron chi connectivity index (χ2n) is 8.80. The predicted molar refractivity (Wildman–Crippen MR) is 112 cm³/mol. The quantitative estimate of drug-likeness (QED) is 0.735. The fourth-order valence-corrected chi connectivity index (χ4v) is 3.85. The number of amides is 1. The van der Waals surface area contributed by atoms with Crippen LogP contribution in [-0.2, 0) is 11.2 Å². The highest BCUT2D eigenvalue weighted by molar-refractivity contribution is 5.76. The van der Waals surface area contributed by atoms with Crippen LogP contribution in [0.3, 0.4) is 0 Å². The molecule has 1 saturated carbocycles. The van der Waals surface area contributed by atoms with Gasteiger partial charge in [-0.2, -0.15) is 4.98 Å². The van der Waals surface area contributed by atoms with E-state index in [0.717, 1.165) is 44.0 Å². The highest BCUT2D eigenvalue weighted by Gasteiger charge is 2.26. The minimum atomic E-state index is 0.187. The van der Waals surface area contributed by atoms with Gasteiger partial charge >= 0.3 is 0 Å². The number of likely N-dealkylation sites (tertiary alicyclic amines) is 1. The van der Waals surface area contributed by atoms with E-state index < -0.39 is 0 Å². The van der Waals surface area contributed by atoms with Gasteiger partial charge in [0, 0.05) is 37.5 Å². The van der Waals surface area contributed by atoms with Gasteiger partial charge in [0.1, 0.15) is 0 Å². The lowest BCUT2D eigenvalue weighted by molar-refractivity contribution is -0.132. The van der Waals surface area contributed by atoms with Crippen molar-refractivity contribution in [3.63, 3.8) is 0 Å². The first-order valence-corrected chi connectivity index (χ1v) is 11.0. The van der Waals surface area contributed by atoms with Gasteiger partial charge in [0.25, 0.3) is 0 Å². The van der Waals surface area contributed by atoms with Crippen LogP contribution in [0.2, 0.25) is 0 Å². The number of aromatic nitrogens is 2. The summed E-state index contributed by atoms with van der Waals surface area (Å²) in [6.07, 6.45) is 5.78. The lowest BCUT2D eigenvalue weighted by Crippen LogP contribution is -2.45. The van der Waals surface area contributed by atoms with E-state index in [2.05, 4.69) is 41.4 Å². The largest absolute Gasteiger partial charge is 0.343 e. The standard InChI is InChI=1S/C23H32N4O2/c1-16(2)18-5-7-19(8-6-18)23-25-21(29-26-23)9-10-22(28)27-13-11-20(12-14-27)24-15-17-3-4-17/h5-8,16-17,20,24H,3-4,9-15H2,1-2H3. The van der Waals surface area contributed by atoms with E-state index in [1.54, 1.807) is 0 Å². The van der Waals surface area contributed by atoms with E-state index in [4.69, 9.17) is 4.52 Å². The molecule has 2 aliphatic rings. The van der Waals surface area contributed by atoms with E-state index in [9.17, 15) is 4.79 Å². The van der Waals surface area contributed by atoms with Crippen molar-refractivity contribution in [3.8, 4) is 11.4 Å². The van der Waals surface area contributed by atoms with Crippen LogP contribution >= 0.6 is 0 Å². The number of carbonyl (C=O) groups is 1. The molecule has 0 radical (unpaired) electrons. The van der Waals surface area contributed by atoms with Crippen LogP contribution < -0.4 is 5.32 Å². The maximum absolute atomic E-state index is 12.5. The van der Waals surface area contributed by atoms with E-state index in [1.165, 1.54) is 18.4 Å². The Morgan fingerprint density at radius 1 is 1.17 bits per heavy atom. The van der Waals surface area contributed by atoms with Crippen molar-refractivity contribution in [2.75, 3.05) is 19.6 Å². The van der Waals surface area contributed by atoms with Crippen molar-refractivity contribution in [2.45, 2.75) is 64.3 Å². The Morgan fingerprint density at radius 2 is 1.90 bits per heavy atom. The Bertz CT molecular complexity index is 803. The number of nitrogens with zero attached hydrogens (tertiary/aromatic N) is 3. The van der Waals surface area contributed by atoms with E-state index in [-0.39, 0.29) is 5.91 Å². The molecular weight excluding hydrogens is 364 g/mol. The molecule has 2 heterocycles. The van der Waals surface area contributed by atoms with Gasteiger partial charge < -0.3 is 14.7 Å². The summed E-state index contributed by atoms with van der Waals surface area (Å²) in [6, 6.07) is 8.82. The molecule has 6 nitrogen and oxygen atoms in total. The molecule has 0 bridgehead atoms. The summed E-state index contributed by atoms with van der Waals surface area (Å²) in [7, 11) is 0. The second-order valence-corrected chi connectivity index (χ2v) is 8.80. The second kappa shape index (κ2) is 9.08. The number of hydrogen-bond acceptors (Lipinski definition) is 5. The average molecular weight is 397 g/mol. The zero-order valence-electron chi connectivity index (χ0n) is 17.6. The number of carbonyl (C=O) groups excluding carboxylic acids is 1. The van der Waals surface area contributed by atoms with Crippen molar-refractivity contribution in [1.82, 2.24) is 20.4 Å². The highest BCUT2D eigenvalue weighted by atomic mass is 16.5. The summed E-state index contributed by atoms with van der Waals surface area (Å²) in [5, 5.41) is 7.74. The van der Waals surface area contributed by atoms with Crippen LogP contribution in [0.5, 0.6) is 0 Å². The summed E-state index contributed by atoms with van der Waals surface area (Å²) >= 11 is 0. The summed E-state index contributed by atoms with van der Waals surface area (Å²) in [5.74, 6) is 2.70. The van der Waals surface area contributed by atoms with Crippen LogP contribution in [0.1, 0.15) is 63.3 Å². The van der Waals surface area contributed by atoms with E-state index in [0.29, 0.717) is 36.5 Å². The Kier molecular flexibility index (Phi) is 6.28. The van der Waals surface area contributed by atoms with Gasteiger partial charge in [-0.15, -0.1) is 0 Å². The molecule has 0 atom stereocenters. The Morgan fingerprint density at radius 3 is 2.55 bits per heavy atom.